The number of fused-ring (bicyclic) bond motifs is 1. The van der Waals surface area contributed by atoms with E-state index in [2.05, 4.69) is 11.8 Å². The number of hydrogen-bond donors (Lipinski definition) is 1. The van der Waals surface area contributed by atoms with Crippen LogP contribution in [0.15, 0.2) is 53.4 Å². The van der Waals surface area contributed by atoms with Gasteiger partial charge in [0.15, 0.2) is 0 Å². The molecule has 0 radical (unpaired) electrons. The topological polar surface area (TPSA) is 79.3 Å². The number of unbranched alkanes of at least 4 members (excludes halogenated alkanes) is 2. The summed E-state index contributed by atoms with van der Waals surface area (Å²) >= 11 is 0. The van der Waals surface area contributed by atoms with Crippen molar-refractivity contribution < 1.29 is 23.0 Å². The fourth-order valence-corrected chi connectivity index (χ4v) is 6.63. The molecule has 2 aliphatic rings. The first-order valence-corrected chi connectivity index (χ1v) is 14.2. The number of benzene rings is 2. The highest BCUT2D eigenvalue weighted by Crippen LogP contribution is 2.36. The molecule has 192 valence electrons. The quantitative estimate of drug-likeness (QED) is 0.491. The standard InChI is InChI=1S/C27H38N2O5S/c1-3-4-6-9-21(2)29-18-25(20-33-19-22-10-7-5-8-11-22)34-26-16-23(28-15-14-24(30)17-28)12-13-27(26)35(29,31)32/h5,7-8,10-13,16,21,24-25,30H,3-4,6,9,14-15,17-20H2,1-2H3/t21-,24-,25+/m1/s1. The van der Waals surface area contributed by atoms with Gasteiger partial charge in [0.05, 0.1) is 25.9 Å². The Balaban J connectivity index is 1.58. The van der Waals surface area contributed by atoms with Crippen LogP contribution in [0.25, 0.3) is 0 Å². The van der Waals surface area contributed by atoms with Crippen molar-refractivity contribution in [2.75, 3.05) is 31.1 Å². The third kappa shape index (κ3) is 6.36. The van der Waals surface area contributed by atoms with Gasteiger partial charge in [-0.1, -0.05) is 56.5 Å². The van der Waals surface area contributed by atoms with Gasteiger partial charge in [-0.25, -0.2) is 8.42 Å². The van der Waals surface area contributed by atoms with Crippen molar-refractivity contribution in [1.82, 2.24) is 4.31 Å². The van der Waals surface area contributed by atoms with Crippen LogP contribution in [0.4, 0.5) is 5.69 Å². The second-order valence-electron chi connectivity index (χ2n) is 9.68. The molecular formula is C27H38N2O5S. The number of anilines is 1. The number of hydrogen-bond acceptors (Lipinski definition) is 6. The van der Waals surface area contributed by atoms with Crippen LogP contribution in [0.5, 0.6) is 5.75 Å². The van der Waals surface area contributed by atoms with Crippen molar-refractivity contribution in [3.63, 3.8) is 0 Å². The molecule has 0 aliphatic carbocycles. The Bertz CT molecular complexity index is 1060. The van der Waals surface area contributed by atoms with Crippen LogP contribution in [0.1, 0.15) is 51.5 Å². The number of β-amino-alcohol motifs (C(OH)–C–C–N with tert-alkyl or cyclic N) is 1. The van der Waals surface area contributed by atoms with E-state index in [0.717, 1.165) is 43.5 Å². The molecule has 1 N–H and O–H groups in total. The van der Waals surface area contributed by atoms with Gasteiger partial charge in [-0.05, 0) is 37.5 Å². The minimum Gasteiger partial charge on any atom is -0.485 e. The van der Waals surface area contributed by atoms with Crippen LogP contribution in [0.3, 0.4) is 0 Å². The molecule has 0 spiro atoms. The van der Waals surface area contributed by atoms with Crippen molar-refractivity contribution in [3.05, 3.63) is 54.1 Å². The second-order valence-corrected chi connectivity index (χ2v) is 11.5. The van der Waals surface area contributed by atoms with Gasteiger partial charge >= 0.3 is 0 Å². The first-order chi connectivity index (χ1) is 16.9. The van der Waals surface area contributed by atoms with E-state index in [1.807, 2.05) is 43.3 Å². The maximum absolute atomic E-state index is 13.8. The smallest absolute Gasteiger partial charge is 0.247 e. The van der Waals surface area contributed by atoms with Gasteiger partial charge in [-0.15, -0.1) is 0 Å². The van der Waals surface area contributed by atoms with E-state index in [9.17, 15) is 13.5 Å². The van der Waals surface area contributed by atoms with Gasteiger partial charge in [0.25, 0.3) is 0 Å². The predicted molar refractivity (Wildman–Crippen MR) is 137 cm³/mol. The molecule has 0 saturated carbocycles. The largest absolute Gasteiger partial charge is 0.485 e. The lowest BCUT2D eigenvalue weighted by Gasteiger charge is -2.28. The highest BCUT2D eigenvalue weighted by atomic mass is 32.2. The monoisotopic (exact) mass is 502 g/mol. The molecule has 35 heavy (non-hydrogen) atoms. The number of sulfonamides is 1. The van der Waals surface area contributed by atoms with Crippen LogP contribution >= 0.6 is 0 Å². The summed E-state index contributed by atoms with van der Waals surface area (Å²) in [6.07, 6.45) is 3.89. The summed E-state index contributed by atoms with van der Waals surface area (Å²) < 4.78 is 41.5. The van der Waals surface area contributed by atoms with Crippen molar-refractivity contribution in [1.29, 1.82) is 0 Å². The summed E-state index contributed by atoms with van der Waals surface area (Å²) in [7, 11) is -3.73. The minimum absolute atomic E-state index is 0.133. The lowest BCUT2D eigenvalue weighted by atomic mass is 10.1. The highest BCUT2D eigenvalue weighted by Gasteiger charge is 2.38. The van der Waals surface area contributed by atoms with Gasteiger partial charge in [-0.3, -0.25) is 0 Å². The Hall–Kier alpha value is -2.13. The van der Waals surface area contributed by atoms with Gasteiger partial charge in [0.1, 0.15) is 16.7 Å². The summed E-state index contributed by atoms with van der Waals surface area (Å²) in [6, 6.07) is 15.1. The lowest BCUT2D eigenvalue weighted by Crippen LogP contribution is -2.44. The molecule has 4 rings (SSSR count). The number of aliphatic hydroxyl groups is 1. The number of rotatable bonds is 10. The Morgan fingerprint density at radius 3 is 2.66 bits per heavy atom. The Kier molecular flexibility index (Phi) is 8.70. The van der Waals surface area contributed by atoms with Gasteiger partial charge in [0.2, 0.25) is 10.0 Å². The third-order valence-corrected chi connectivity index (χ3v) is 8.87. The van der Waals surface area contributed by atoms with Crippen LogP contribution in [0.2, 0.25) is 0 Å². The van der Waals surface area contributed by atoms with E-state index in [1.54, 1.807) is 16.4 Å². The van der Waals surface area contributed by atoms with Crippen molar-refractivity contribution in [2.24, 2.45) is 0 Å². The molecule has 0 amide bonds. The molecule has 7 nitrogen and oxygen atoms in total. The third-order valence-electron chi connectivity index (χ3n) is 6.85. The number of ether oxygens (including phenoxy) is 2. The fraction of sp³-hybridized carbons (Fsp3) is 0.556. The van der Waals surface area contributed by atoms with Crippen molar-refractivity contribution >= 4 is 15.7 Å². The molecule has 2 aliphatic heterocycles. The SMILES string of the molecule is CCCCC[C@@H](C)N1C[C@@H](COCc2ccccc2)Oc2cc(N3CC[C@@H](O)C3)ccc2S1(=O)=O. The molecule has 0 bridgehead atoms. The van der Waals surface area contributed by atoms with E-state index < -0.39 is 16.1 Å². The molecule has 1 fully saturated rings. The molecule has 0 aromatic heterocycles. The zero-order valence-electron chi connectivity index (χ0n) is 20.8. The molecule has 2 aromatic carbocycles. The Morgan fingerprint density at radius 1 is 1.14 bits per heavy atom. The average molecular weight is 503 g/mol. The summed E-state index contributed by atoms with van der Waals surface area (Å²) in [6.45, 7) is 6.38. The van der Waals surface area contributed by atoms with Crippen LogP contribution in [-0.2, 0) is 21.4 Å². The summed E-state index contributed by atoms with van der Waals surface area (Å²) in [5.41, 5.74) is 1.93. The molecular weight excluding hydrogens is 464 g/mol. The maximum Gasteiger partial charge on any atom is 0.247 e. The molecule has 8 heteroatoms. The zero-order valence-corrected chi connectivity index (χ0v) is 21.6. The van der Waals surface area contributed by atoms with E-state index in [1.165, 1.54) is 0 Å². The second kappa shape index (κ2) is 11.7. The van der Waals surface area contributed by atoms with Crippen LogP contribution in [0, 0.1) is 0 Å². The van der Waals surface area contributed by atoms with Crippen LogP contribution < -0.4 is 9.64 Å². The average Bonchev–Trinajstić information content (AvgIpc) is 3.24. The molecule has 0 unspecified atom stereocenters. The fourth-order valence-electron chi connectivity index (χ4n) is 4.84. The molecule has 3 atom stereocenters. The van der Waals surface area contributed by atoms with E-state index in [4.69, 9.17) is 9.47 Å². The summed E-state index contributed by atoms with van der Waals surface area (Å²) in [4.78, 5) is 2.27. The van der Waals surface area contributed by atoms with Gasteiger partial charge < -0.3 is 19.5 Å². The predicted octanol–water partition coefficient (Wildman–Crippen LogP) is 4.19. The highest BCUT2D eigenvalue weighted by molar-refractivity contribution is 7.89. The Morgan fingerprint density at radius 2 is 1.94 bits per heavy atom. The van der Waals surface area contributed by atoms with Crippen LogP contribution in [-0.4, -0.2) is 62.3 Å². The van der Waals surface area contributed by atoms with E-state index in [0.29, 0.717) is 25.3 Å². The normalized spacial score (nSPS) is 22.9. The first kappa shape index (κ1) is 25.9. The van der Waals surface area contributed by atoms with Crippen molar-refractivity contribution in [3.8, 4) is 5.75 Å². The Labute approximate surface area is 209 Å². The van der Waals surface area contributed by atoms with E-state index in [-0.39, 0.29) is 30.2 Å². The first-order valence-electron chi connectivity index (χ1n) is 12.8. The van der Waals surface area contributed by atoms with E-state index >= 15 is 0 Å². The molecule has 2 heterocycles. The number of nitrogens with zero attached hydrogens (tertiary/aromatic N) is 2. The lowest BCUT2D eigenvalue weighted by molar-refractivity contribution is 0.0310. The van der Waals surface area contributed by atoms with Gasteiger partial charge in [-0.2, -0.15) is 4.31 Å². The zero-order chi connectivity index (χ0) is 24.8. The minimum atomic E-state index is -3.73. The van der Waals surface area contributed by atoms with Crippen molar-refractivity contribution in [2.45, 2.75) is 75.7 Å². The maximum atomic E-state index is 13.8. The van der Waals surface area contributed by atoms with Gasteiger partial charge in [0, 0.05) is 30.9 Å². The number of aliphatic hydroxyl groups excluding tert-OH is 1. The summed E-state index contributed by atoms with van der Waals surface area (Å²) in [5, 5.41) is 9.95. The molecule has 1 saturated heterocycles. The summed E-state index contributed by atoms with van der Waals surface area (Å²) in [5.74, 6) is 0.362. The molecule has 2 aromatic rings.